The van der Waals surface area contributed by atoms with E-state index in [4.69, 9.17) is 4.74 Å². The van der Waals surface area contributed by atoms with Gasteiger partial charge in [0.25, 0.3) is 0 Å². The van der Waals surface area contributed by atoms with Gasteiger partial charge in [0, 0.05) is 0 Å². The Labute approximate surface area is 179 Å². The smallest absolute Gasteiger partial charge is 0.165 e. The number of hydrogen-bond donors (Lipinski definition) is 0. The summed E-state index contributed by atoms with van der Waals surface area (Å²) in [5.41, 5.74) is 5.68. The number of ether oxygens (including phenoxy) is 1. The average molecular weight is 401 g/mol. The van der Waals surface area contributed by atoms with Crippen LogP contribution in [0.4, 0.5) is 4.39 Å². The van der Waals surface area contributed by atoms with E-state index >= 15 is 0 Å². The lowest BCUT2D eigenvalue weighted by Gasteiger charge is -2.27. The molecule has 0 aliphatic heterocycles. The predicted octanol–water partition coefficient (Wildman–Crippen LogP) is 8.02. The fourth-order valence-electron chi connectivity index (χ4n) is 4.44. The molecule has 0 spiro atoms. The summed E-state index contributed by atoms with van der Waals surface area (Å²) in [7, 11) is 0. The molecular weight excluding hydrogens is 371 g/mol. The number of benzene rings is 3. The van der Waals surface area contributed by atoms with Crippen molar-refractivity contribution >= 4 is 0 Å². The van der Waals surface area contributed by atoms with Gasteiger partial charge < -0.3 is 4.74 Å². The molecule has 1 nitrogen and oxygen atoms in total. The summed E-state index contributed by atoms with van der Waals surface area (Å²) in [5.74, 6) is 1.35. The second kappa shape index (κ2) is 9.30. The van der Waals surface area contributed by atoms with Gasteiger partial charge in [-0.2, -0.15) is 0 Å². The molecule has 1 fully saturated rings. The Morgan fingerprint density at radius 3 is 1.90 bits per heavy atom. The molecule has 154 valence electrons. The van der Waals surface area contributed by atoms with Crippen LogP contribution in [0.3, 0.4) is 0 Å². The molecule has 0 amide bonds. The van der Waals surface area contributed by atoms with E-state index < -0.39 is 0 Å². The summed E-state index contributed by atoms with van der Waals surface area (Å²) < 4.78 is 19.5. The van der Waals surface area contributed by atoms with Crippen LogP contribution >= 0.6 is 0 Å². The Kier molecular flexibility index (Phi) is 6.32. The van der Waals surface area contributed by atoms with Gasteiger partial charge in [-0.3, -0.25) is 0 Å². The van der Waals surface area contributed by atoms with E-state index in [2.05, 4.69) is 61.2 Å². The van der Waals surface area contributed by atoms with Crippen molar-refractivity contribution in [3.05, 3.63) is 90.8 Å². The van der Waals surface area contributed by atoms with E-state index in [0.29, 0.717) is 24.2 Å². The maximum Gasteiger partial charge on any atom is 0.165 e. The lowest BCUT2D eigenvalue weighted by Crippen LogP contribution is -2.11. The largest absolute Gasteiger partial charge is 0.491 e. The standard InChI is InChI=1S/C28H29FO/c1-3-20-5-7-21(8-6-20)22-9-11-23(12-10-22)24-13-15-25(16-14-24)26-17-18-28(30-4-2)27(29)19-26/h3,9-21H,1,4-8H2,2H3. The van der Waals surface area contributed by atoms with E-state index in [1.54, 1.807) is 6.07 Å². The molecule has 4 rings (SSSR count). The first-order valence-electron chi connectivity index (χ1n) is 10.9. The maximum absolute atomic E-state index is 14.2. The maximum atomic E-state index is 14.2. The normalized spacial score (nSPS) is 18.7. The van der Waals surface area contributed by atoms with Crippen LogP contribution in [-0.2, 0) is 0 Å². The first-order valence-corrected chi connectivity index (χ1v) is 10.9. The summed E-state index contributed by atoms with van der Waals surface area (Å²) in [6.07, 6.45) is 7.13. The SMILES string of the molecule is C=CC1CCC(c2ccc(-c3ccc(-c4ccc(OCC)c(F)c4)cc3)cc2)CC1. The summed E-state index contributed by atoms with van der Waals surface area (Å²) in [4.78, 5) is 0. The highest BCUT2D eigenvalue weighted by Gasteiger charge is 2.20. The Balaban J connectivity index is 1.46. The molecule has 0 aromatic heterocycles. The zero-order chi connectivity index (χ0) is 20.9. The molecule has 3 aromatic carbocycles. The Morgan fingerprint density at radius 1 is 0.833 bits per heavy atom. The van der Waals surface area contributed by atoms with Crippen LogP contribution in [0.5, 0.6) is 5.75 Å². The van der Waals surface area contributed by atoms with E-state index in [9.17, 15) is 4.39 Å². The van der Waals surface area contributed by atoms with Crippen LogP contribution in [0, 0.1) is 11.7 Å². The molecule has 0 bridgehead atoms. The molecule has 0 heterocycles. The molecule has 2 heteroatoms. The van der Waals surface area contributed by atoms with Crippen LogP contribution < -0.4 is 4.74 Å². The second-order valence-corrected chi connectivity index (χ2v) is 8.12. The van der Waals surface area contributed by atoms with E-state index in [1.165, 1.54) is 48.4 Å². The minimum Gasteiger partial charge on any atom is -0.491 e. The first kappa shape index (κ1) is 20.4. The predicted molar refractivity (Wildman–Crippen MR) is 123 cm³/mol. The van der Waals surface area contributed by atoms with Crippen LogP contribution in [-0.4, -0.2) is 6.61 Å². The van der Waals surface area contributed by atoms with Gasteiger partial charge >= 0.3 is 0 Å². The summed E-state index contributed by atoms with van der Waals surface area (Å²) >= 11 is 0. The third kappa shape index (κ3) is 4.48. The van der Waals surface area contributed by atoms with Crippen LogP contribution in [0.1, 0.15) is 44.1 Å². The zero-order valence-corrected chi connectivity index (χ0v) is 17.6. The van der Waals surface area contributed by atoms with Crippen molar-refractivity contribution in [3.63, 3.8) is 0 Å². The van der Waals surface area contributed by atoms with Gasteiger partial charge in [-0.05, 0) is 84.4 Å². The molecule has 0 N–H and O–H groups in total. The van der Waals surface area contributed by atoms with E-state index in [-0.39, 0.29) is 5.82 Å². The average Bonchev–Trinajstić information content (AvgIpc) is 2.81. The van der Waals surface area contributed by atoms with Gasteiger partial charge in [-0.15, -0.1) is 6.58 Å². The van der Waals surface area contributed by atoms with Crippen molar-refractivity contribution in [2.24, 2.45) is 5.92 Å². The molecule has 3 aromatic rings. The quantitative estimate of drug-likeness (QED) is 0.381. The minimum absolute atomic E-state index is 0.302. The third-order valence-electron chi connectivity index (χ3n) is 6.27. The lowest BCUT2D eigenvalue weighted by atomic mass is 9.78. The summed E-state index contributed by atoms with van der Waals surface area (Å²) in [5, 5.41) is 0. The van der Waals surface area contributed by atoms with Gasteiger partial charge in [-0.1, -0.05) is 60.7 Å². The van der Waals surface area contributed by atoms with Crippen LogP contribution in [0.25, 0.3) is 22.3 Å². The Bertz CT molecular complexity index is 980. The number of halogens is 1. The fourth-order valence-corrected chi connectivity index (χ4v) is 4.44. The van der Waals surface area contributed by atoms with Crippen LogP contribution in [0.2, 0.25) is 0 Å². The Morgan fingerprint density at radius 2 is 1.37 bits per heavy atom. The highest BCUT2D eigenvalue weighted by atomic mass is 19.1. The number of rotatable bonds is 6. The van der Waals surface area contributed by atoms with Gasteiger partial charge in [0.1, 0.15) is 0 Å². The number of allylic oxidation sites excluding steroid dienone is 1. The summed E-state index contributed by atoms with van der Waals surface area (Å²) in [6, 6.07) is 22.5. The minimum atomic E-state index is -0.323. The van der Waals surface area contributed by atoms with Crippen molar-refractivity contribution in [1.29, 1.82) is 0 Å². The molecule has 1 aliphatic rings. The molecular formula is C28H29FO. The van der Waals surface area contributed by atoms with Gasteiger partial charge in [-0.25, -0.2) is 4.39 Å². The van der Waals surface area contributed by atoms with Crippen molar-refractivity contribution in [1.82, 2.24) is 0 Å². The Hall–Kier alpha value is -2.87. The molecule has 0 atom stereocenters. The fraction of sp³-hybridized carbons (Fsp3) is 0.286. The van der Waals surface area contributed by atoms with Crippen molar-refractivity contribution in [2.75, 3.05) is 6.61 Å². The summed E-state index contributed by atoms with van der Waals surface area (Å²) in [6.45, 7) is 6.26. The number of hydrogen-bond acceptors (Lipinski definition) is 1. The topological polar surface area (TPSA) is 9.23 Å². The highest BCUT2D eigenvalue weighted by Crippen LogP contribution is 2.37. The highest BCUT2D eigenvalue weighted by molar-refractivity contribution is 5.71. The molecule has 30 heavy (non-hydrogen) atoms. The third-order valence-corrected chi connectivity index (χ3v) is 6.27. The van der Waals surface area contributed by atoms with Gasteiger partial charge in [0.2, 0.25) is 0 Å². The van der Waals surface area contributed by atoms with Gasteiger partial charge in [0.15, 0.2) is 11.6 Å². The lowest BCUT2D eigenvalue weighted by molar-refractivity contribution is 0.321. The molecule has 0 saturated heterocycles. The van der Waals surface area contributed by atoms with Gasteiger partial charge in [0.05, 0.1) is 6.61 Å². The first-order chi connectivity index (χ1) is 14.7. The molecule has 0 radical (unpaired) electrons. The van der Waals surface area contributed by atoms with Crippen molar-refractivity contribution in [3.8, 4) is 28.0 Å². The second-order valence-electron chi connectivity index (χ2n) is 8.12. The molecule has 1 aliphatic carbocycles. The zero-order valence-electron chi connectivity index (χ0n) is 17.6. The van der Waals surface area contributed by atoms with Crippen molar-refractivity contribution in [2.45, 2.75) is 38.5 Å². The van der Waals surface area contributed by atoms with Crippen molar-refractivity contribution < 1.29 is 9.13 Å². The van der Waals surface area contributed by atoms with E-state index in [0.717, 1.165) is 11.1 Å². The molecule has 1 saturated carbocycles. The molecule has 0 unspecified atom stereocenters. The monoisotopic (exact) mass is 400 g/mol. The van der Waals surface area contributed by atoms with E-state index in [1.807, 2.05) is 13.0 Å². The van der Waals surface area contributed by atoms with Crippen LogP contribution in [0.15, 0.2) is 79.4 Å².